The number of esters is 1. The molecule has 0 aliphatic heterocycles. The van der Waals surface area contributed by atoms with Crippen molar-refractivity contribution >= 4 is 28.5 Å². The summed E-state index contributed by atoms with van der Waals surface area (Å²) in [6.45, 7) is 1.99. The molecule has 2 rings (SSSR count). The first kappa shape index (κ1) is 12.6. The highest BCUT2D eigenvalue weighted by Gasteiger charge is 2.14. The second-order valence-corrected chi connectivity index (χ2v) is 4.27. The predicted octanol–water partition coefficient (Wildman–Crippen LogP) is 2.37. The Morgan fingerprint density at radius 3 is 2.78 bits per heavy atom. The minimum Gasteiger partial charge on any atom is -0.461 e. The largest absolute Gasteiger partial charge is 0.461 e. The number of carbonyl (C=O) groups excluding carboxylic acids is 1. The number of aryl methyl sites for hydroxylation is 1. The fraction of sp³-hybridized carbons (Fsp3) is 0.231. The zero-order valence-corrected chi connectivity index (χ0v) is 10.8. The molecular formula is C13H12ClNO3. The molecule has 1 aromatic heterocycles. The second kappa shape index (κ2) is 4.82. The molecule has 0 atom stereocenters. The van der Waals surface area contributed by atoms with E-state index in [1.165, 1.54) is 6.07 Å². The van der Waals surface area contributed by atoms with Crippen LogP contribution in [0, 0.1) is 0 Å². The number of ether oxygens (including phenoxy) is 1. The monoisotopic (exact) mass is 265 g/mol. The van der Waals surface area contributed by atoms with Gasteiger partial charge in [0.25, 0.3) is 0 Å². The van der Waals surface area contributed by atoms with Gasteiger partial charge in [-0.25, -0.2) is 4.79 Å². The third-order valence-corrected chi connectivity index (χ3v) is 2.93. The van der Waals surface area contributed by atoms with E-state index in [-0.39, 0.29) is 17.7 Å². The lowest BCUT2D eigenvalue weighted by Crippen LogP contribution is -2.18. The summed E-state index contributed by atoms with van der Waals surface area (Å²) in [5.41, 5.74) is 0.639. The molecule has 0 bridgehead atoms. The highest BCUT2D eigenvalue weighted by atomic mass is 35.5. The van der Waals surface area contributed by atoms with E-state index in [1.807, 2.05) is 0 Å². The van der Waals surface area contributed by atoms with Crippen LogP contribution in [-0.4, -0.2) is 17.1 Å². The predicted molar refractivity (Wildman–Crippen MR) is 70.2 cm³/mol. The van der Waals surface area contributed by atoms with E-state index in [4.69, 9.17) is 16.3 Å². The summed E-state index contributed by atoms with van der Waals surface area (Å²) in [6, 6.07) is 6.25. The van der Waals surface area contributed by atoms with E-state index in [2.05, 4.69) is 0 Å². The molecule has 0 saturated heterocycles. The first-order valence-corrected chi connectivity index (χ1v) is 5.88. The Hall–Kier alpha value is -1.81. The molecular weight excluding hydrogens is 254 g/mol. The van der Waals surface area contributed by atoms with Crippen molar-refractivity contribution in [3.8, 4) is 0 Å². The summed E-state index contributed by atoms with van der Waals surface area (Å²) in [5.74, 6) is -0.506. The normalized spacial score (nSPS) is 10.6. The zero-order chi connectivity index (χ0) is 13.3. The number of carbonyl (C=O) groups is 1. The molecule has 0 fully saturated rings. The number of pyridine rings is 1. The van der Waals surface area contributed by atoms with E-state index < -0.39 is 5.97 Å². The molecule has 1 aromatic carbocycles. The van der Waals surface area contributed by atoms with Crippen LogP contribution in [0.1, 0.15) is 17.4 Å². The van der Waals surface area contributed by atoms with Crippen LogP contribution in [0.4, 0.5) is 0 Å². The smallest absolute Gasteiger partial charge is 0.355 e. The van der Waals surface area contributed by atoms with Gasteiger partial charge in [-0.15, -0.1) is 0 Å². The van der Waals surface area contributed by atoms with Crippen LogP contribution in [0.3, 0.4) is 0 Å². The second-order valence-electron chi connectivity index (χ2n) is 3.83. The molecule has 2 aromatic rings. The highest BCUT2D eigenvalue weighted by molar-refractivity contribution is 6.31. The maximum Gasteiger partial charge on any atom is 0.355 e. The van der Waals surface area contributed by atoms with Gasteiger partial charge in [-0.2, -0.15) is 0 Å². The number of rotatable bonds is 2. The van der Waals surface area contributed by atoms with Gasteiger partial charge in [-0.3, -0.25) is 4.79 Å². The van der Waals surface area contributed by atoms with Crippen LogP contribution < -0.4 is 5.43 Å². The lowest BCUT2D eigenvalue weighted by Gasteiger charge is -2.11. The Kier molecular flexibility index (Phi) is 3.39. The molecule has 0 spiro atoms. The summed E-state index contributed by atoms with van der Waals surface area (Å²) in [6.07, 6.45) is 0. The molecule has 0 saturated carbocycles. The summed E-state index contributed by atoms with van der Waals surface area (Å²) in [7, 11) is 1.71. The number of hydrogen-bond donors (Lipinski definition) is 0. The Morgan fingerprint density at radius 1 is 1.39 bits per heavy atom. The minimum absolute atomic E-state index is 0.233. The van der Waals surface area contributed by atoms with Gasteiger partial charge in [0.2, 0.25) is 0 Å². The first-order chi connectivity index (χ1) is 8.54. The number of benzene rings is 1. The standard InChI is InChI=1S/C13H12ClNO3/c1-3-18-13(17)11-7-12(16)9-6-8(14)4-5-10(9)15(11)2/h4-7H,3H2,1-2H3. The number of halogens is 1. The third-order valence-electron chi connectivity index (χ3n) is 2.70. The van der Waals surface area contributed by atoms with E-state index in [1.54, 1.807) is 36.7 Å². The molecule has 5 heteroatoms. The van der Waals surface area contributed by atoms with Crippen LogP contribution in [0.25, 0.3) is 10.9 Å². The van der Waals surface area contributed by atoms with E-state index in [0.29, 0.717) is 15.9 Å². The van der Waals surface area contributed by atoms with Crippen molar-refractivity contribution in [1.82, 2.24) is 4.57 Å². The van der Waals surface area contributed by atoms with Crippen LogP contribution in [0.5, 0.6) is 0 Å². The number of aromatic nitrogens is 1. The lowest BCUT2D eigenvalue weighted by atomic mass is 10.2. The lowest BCUT2D eigenvalue weighted by molar-refractivity contribution is 0.0515. The van der Waals surface area contributed by atoms with Crippen molar-refractivity contribution in [3.63, 3.8) is 0 Å². The fourth-order valence-corrected chi connectivity index (χ4v) is 2.00. The number of fused-ring (bicyclic) bond motifs is 1. The van der Waals surface area contributed by atoms with Gasteiger partial charge < -0.3 is 9.30 Å². The Bertz CT molecular complexity index is 676. The van der Waals surface area contributed by atoms with E-state index in [0.717, 1.165) is 0 Å². The van der Waals surface area contributed by atoms with Crippen molar-refractivity contribution in [2.45, 2.75) is 6.92 Å². The van der Waals surface area contributed by atoms with Crippen molar-refractivity contribution in [2.75, 3.05) is 6.61 Å². The van der Waals surface area contributed by atoms with Gasteiger partial charge >= 0.3 is 5.97 Å². The molecule has 0 radical (unpaired) electrons. The topological polar surface area (TPSA) is 48.3 Å². The van der Waals surface area contributed by atoms with Gasteiger partial charge in [-0.05, 0) is 25.1 Å². The molecule has 94 valence electrons. The van der Waals surface area contributed by atoms with Gasteiger partial charge in [-0.1, -0.05) is 11.6 Å². The van der Waals surface area contributed by atoms with E-state index in [9.17, 15) is 9.59 Å². The Morgan fingerprint density at radius 2 is 2.11 bits per heavy atom. The van der Waals surface area contributed by atoms with Gasteiger partial charge in [0.05, 0.1) is 12.1 Å². The van der Waals surface area contributed by atoms with Crippen molar-refractivity contribution < 1.29 is 9.53 Å². The SMILES string of the molecule is CCOC(=O)c1cc(=O)c2cc(Cl)ccc2n1C. The summed E-state index contributed by atoms with van der Waals surface area (Å²) < 4.78 is 6.54. The summed E-state index contributed by atoms with van der Waals surface area (Å²) >= 11 is 5.86. The Balaban J connectivity index is 2.73. The zero-order valence-electron chi connectivity index (χ0n) is 10.1. The van der Waals surface area contributed by atoms with Crippen LogP contribution in [-0.2, 0) is 11.8 Å². The van der Waals surface area contributed by atoms with Gasteiger partial charge in [0, 0.05) is 23.5 Å². The fourth-order valence-electron chi connectivity index (χ4n) is 1.83. The highest BCUT2D eigenvalue weighted by Crippen LogP contribution is 2.17. The average Bonchev–Trinajstić information content (AvgIpc) is 2.34. The molecule has 18 heavy (non-hydrogen) atoms. The third kappa shape index (κ3) is 2.11. The molecule has 0 aliphatic carbocycles. The Labute approximate surface area is 109 Å². The molecule has 1 heterocycles. The maximum atomic E-state index is 11.9. The first-order valence-electron chi connectivity index (χ1n) is 5.51. The van der Waals surface area contributed by atoms with Crippen LogP contribution in [0.15, 0.2) is 29.1 Å². The van der Waals surface area contributed by atoms with Crippen molar-refractivity contribution in [2.24, 2.45) is 7.05 Å². The van der Waals surface area contributed by atoms with E-state index >= 15 is 0 Å². The molecule has 4 nitrogen and oxygen atoms in total. The number of nitrogens with zero attached hydrogens (tertiary/aromatic N) is 1. The summed E-state index contributed by atoms with van der Waals surface area (Å²) in [4.78, 5) is 23.7. The van der Waals surface area contributed by atoms with Gasteiger partial charge in [0.15, 0.2) is 5.43 Å². The maximum absolute atomic E-state index is 11.9. The quantitative estimate of drug-likeness (QED) is 0.783. The van der Waals surface area contributed by atoms with Crippen LogP contribution in [0.2, 0.25) is 5.02 Å². The number of hydrogen-bond acceptors (Lipinski definition) is 3. The molecule has 0 N–H and O–H groups in total. The minimum atomic E-state index is -0.506. The molecule has 0 amide bonds. The molecule has 0 aliphatic rings. The van der Waals surface area contributed by atoms with Gasteiger partial charge in [0.1, 0.15) is 5.69 Å². The van der Waals surface area contributed by atoms with Crippen LogP contribution >= 0.6 is 11.6 Å². The summed E-state index contributed by atoms with van der Waals surface area (Å²) in [5, 5.41) is 0.974. The molecule has 0 unspecified atom stereocenters. The van der Waals surface area contributed by atoms with Crippen molar-refractivity contribution in [1.29, 1.82) is 0 Å². The van der Waals surface area contributed by atoms with Crippen molar-refractivity contribution in [3.05, 3.63) is 45.2 Å². The average molecular weight is 266 g/mol.